The Labute approximate surface area is 175 Å². The molecule has 0 aromatic heterocycles. The molecule has 1 aliphatic rings. The average molecular weight is 410 g/mol. The zero-order chi connectivity index (χ0) is 21.7. The molecule has 0 saturated carbocycles. The Bertz CT molecular complexity index is 938. The fourth-order valence-corrected chi connectivity index (χ4v) is 3.57. The first-order valence-electron chi connectivity index (χ1n) is 9.89. The maximum Gasteiger partial charge on any atom is 0.270 e. The van der Waals surface area contributed by atoms with Gasteiger partial charge in [-0.25, -0.2) is 0 Å². The number of non-ortho nitro benzene ring substituents is 1. The number of hydrogen-bond acceptors (Lipinski definition) is 5. The normalized spacial score (nSPS) is 14.4. The molecule has 1 saturated heterocycles. The molecule has 0 spiro atoms. The van der Waals surface area contributed by atoms with E-state index in [1.807, 2.05) is 0 Å². The van der Waals surface area contributed by atoms with Gasteiger partial charge in [-0.05, 0) is 18.6 Å². The van der Waals surface area contributed by atoms with Gasteiger partial charge < -0.3 is 9.80 Å². The van der Waals surface area contributed by atoms with E-state index >= 15 is 0 Å². The highest BCUT2D eigenvalue weighted by atomic mass is 16.6. The third kappa shape index (κ3) is 5.42. The Morgan fingerprint density at radius 2 is 1.77 bits per heavy atom. The number of likely N-dealkylation sites (N-methyl/N-ethyl adjacent to an activating group) is 1. The van der Waals surface area contributed by atoms with Crippen LogP contribution >= 0.6 is 0 Å². The molecular weight excluding hydrogens is 384 g/mol. The number of carbonyl (C=O) groups is 2. The van der Waals surface area contributed by atoms with Gasteiger partial charge >= 0.3 is 0 Å². The number of aryl methyl sites for hydroxylation is 1. The summed E-state index contributed by atoms with van der Waals surface area (Å²) in [4.78, 5) is 40.9. The van der Waals surface area contributed by atoms with E-state index in [-0.39, 0.29) is 23.7 Å². The average Bonchev–Trinajstić information content (AvgIpc) is 2.73. The zero-order valence-corrected chi connectivity index (χ0v) is 17.3. The topological polar surface area (TPSA) is 87.0 Å². The molecule has 158 valence electrons. The lowest BCUT2D eigenvalue weighted by atomic mass is 10.1. The second-order valence-corrected chi connectivity index (χ2v) is 7.61. The van der Waals surface area contributed by atoms with E-state index in [0.717, 1.165) is 19.6 Å². The lowest BCUT2D eigenvalue weighted by molar-refractivity contribution is -0.384. The van der Waals surface area contributed by atoms with Crippen LogP contribution in [-0.4, -0.2) is 71.2 Å². The van der Waals surface area contributed by atoms with Gasteiger partial charge in [-0.2, -0.15) is 0 Å². The van der Waals surface area contributed by atoms with Crippen LogP contribution in [0.5, 0.6) is 0 Å². The van der Waals surface area contributed by atoms with E-state index in [4.69, 9.17) is 0 Å². The van der Waals surface area contributed by atoms with Gasteiger partial charge in [-0.15, -0.1) is 0 Å². The number of nitrogens with zero attached hydrogens (tertiary/aromatic N) is 4. The standard InChI is InChI=1S/C22H26N4O4/c1-17-5-3-6-18(13-17)15-24-9-11-25(12-10-24)21(27)16-23(2)22(28)19-7-4-8-20(14-19)26(29)30/h3-8,13-14H,9-12,15-16H2,1-2H3. The van der Waals surface area contributed by atoms with Crippen LogP contribution in [0.15, 0.2) is 48.5 Å². The lowest BCUT2D eigenvalue weighted by Crippen LogP contribution is -2.51. The van der Waals surface area contributed by atoms with Crippen LogP contribution in [0.25, 0.3) is 0 Å². The van der Waals surface area contributed by atoms with Crippen molar-refractivity contribution in [2.45, 2.75) is 13.5 Å². The maximum atomic E-state index is 12.6. The molecule has 0 atom stereocenters. The SMILES string of the molecule is Cc1cccc(CN2CCN(C(=O)CN(C)C(=O)c3cccc([N+](=O)[O-])c3)CC2)c1. The quantitative estimate of drug-likeness (QED) is 0.539. The highest BCUT2D eigenvalue weighted by molar-refractivity contribution is 5.96. The first-order chi connectivity index (χ1) is 14.3. The van der Waals surface area contributed by atoms with Crippen molar-refractivity contribution in [2.75, 3.05) is 39.8 Å². The minimum atomic E-state index is -0.543. The van der Waals surface area contributed by atoms with E-state index in [9.17, 15) is 19.7 Å². The Hall–Kier alpha value is -3.26. The minimum absolute atomic E-state index is 0.0561. The number of hydrogen-bond donors (Lipinski definition) is 0. The summed E-state index contributed by atoms with van der Waals surface area (Å²) in [5.74, 6) is -0.531. The predicted molar refractivity (Wildman–Crippen MR) is 113 cm³/mol. The van der Waals surface area contributed by atoms with E-state index < -0.39 is 10.8 Å². The van der Waals surface area contributed by atoms with Crippen molar-refractivity contribution in [3.05, 3.63) is 75.3 Å². The molecule has 0 N–H and O–H groups in total. The van der Waals surface area contributed by atoms with Gasteiger partial charge in [-0.3, -0.25) is 24.6 Å². The van der Waals surface area contributed by atoms with Crippen LogP contribution in [0.4, 0.5) is 5.69 Å². The van der Waals surface area contributed by atoms with Crippen LogP contribution in [0.1, 0.15) is 21.5 Å². The fourth-order valence-electron chi connectivity index (χ4n) is 3.57. The second-order valence-electron chi connectivity index (χ2n) is 7.61. The Morgan fingerprint density at radius 3 is 2.43 bits per heavy atom. The molecule has 8 heteroatoms. The smallest absolute Gasteiger partial charge is 0.270 e. The molecule has 1 aliphatic heterocycles. The summed E-state index contributed by atoms with van der Waals surface area (Å²) in [6, 6.07) is 14.0. The zero-order valence-electron chi connectivity index (χ0n) is 17.3. The van der Waals surface area contributed by atoms with E-state index in [0.29, 0.717) is 13.1 Å². The molecular formula is C22H26N4O4. The first-order valence-corrected chi connectivity index (χ1v) is 9.89. The van der Waals surface area contributed by atoms with Gasteiger partial charge in [0, 0.05) is 57.5 Å². The molecule has 0 radical (unpaired) electrons. The van der Waals surface area contributed by atoms with Crippen LogP contribution < -0.4 is 0 Å². The summed E-state index contributed by atoms with van der Waals surface area (Å²) in [5, 5.41) is 10.9. The summed E-state index contributed by atoms with van der Waals surface area (Å²) in [5.41, 5.74) is 2.54. The highest BCUT2D eigenvalue weighted by Crippen LogP contribution is 2.15. The van der Waals surface area contributed by atoms with Gasteiger partial charge in [-0.1, -0.05) is 35.9 Å². The molecule has 0 bridgehead atoms. The van der Waals surface area contributed by atoms with Crippen molar-refractivity contribution in [2.24, 2.45) is 0 Å². The van der Waals surface area contributed by atoms with Gasteiger partial charge in [0.15, 0.2) is 0 Å². The number of amides is 2. The highest BCUT2D eigenvalue weighted by Gasteiger charge is 2.24. The van der Waals surface area contributed by atoms with Crippen LogP contribution in [0.2, 0.25) is 0 Å². The summed E-state index contributed by atoms with van der Waals surface area (Å²) in [7, 11) is 1.53. The number of carbonyl (C=O) groups excluding carboxylic acids is 2. The van der Waals surface area contributed by atoms with Crippen molar-refractivity contribution in [3.8, 4) is 0 Å². The number of nitro benzene ring substituents is 1. The van der Waals surface area contributed by atoms with Crippen molar-refractivity contribution < 1.29 is 14.5 Å². The van der Waals surface area contributed by atoms with Gasteiger partial charge in [0.05, 0.1) is 11.5 Å². The molecule has 30 heavy (non-hydrogen) atoms. The minimum Gasteiger partial charge on any atom is -0.339 e. The summed E-state index contributed by atoms with van der Waals surface area (Å²) in [6.07, 6.45) is 0. The van der Waals surface area contributed by atoms with E-state index in [1.165, 1.54) is 47.3 Å². The van der Waals surface area contributed by atoms with Crippen LogP contribution in [0.3, 0.4) is 0 Å². The van der Waals surface area contributed by atoms with Crippen molar-refractivity contribution >= 4 is 17.5 Å². The maximum absolute atomic E-state index is 12.6. The molecule has 2 aromatic rings. The summed E-state index contributed by atoms with van der Waals surface area (Å²) in [6.45, 7) is 5.66. The molecule has 2 amide bonds. The lowest BCUT2D eigenvalue weighted by Gasteiger charge is -2.35. The van der Waals surface area contributed by atoms with Crippen molar-refractivity contribution in [3.63, 3.8) is 0 Å². The van der Waals surface area contributed by atoms with Crippen molar-refractivity contribution in [1.82, 2.24) is 14.7 Å². The number of piperazine rings is 1. The predicted octanol–water partition coefficient (Wildman–Crippen LogP) is 2.32. The number of benzene rings is 2. The van der Waals surface area contributed by atoms with Gasteiger partial charge in [0.1, 0.15) is 0 Å². The van der Waals surface area contributed by atoms with Gasteiger partial charge in [0.2, 0.25) is 5.91 Å². The third-order valence-electron chi connectivity index (χ3n) is 5.24. The van der Waals surface area contributed by atoms with E-state index in [1.54, 1.807) is 4.90 Å². The largest absolute Gasteiger partial charge is 0.339 e. The Kier molecular flexibility index (Phi) is 6.79. The first kappa shape index (κ1) is 21.4. The second kappa shape index (κ2) is 9.49. The molecule has 3 rings (SSSR count). The monoisotopic (exact) mass is 410 g/mol. The van der Waals surface area contributed by atoms with E-state index in [2.05, 4.69) is 36.1 Å². The molecule has 2 aromatic carbocycles. The van der Waals surface area contributed by atoms with Crippen molar-refractivity contribution in [1.29, 1.82) is 0 Å². The number of nitro groups is 1. The molecule has 0 unspecified atom stereocenters. The molecule has 0 aliphatic carbocycles. The summed E-state index contributed by atoms with van der Waals surface area (Å²) >= 11 is 0. The van der Waals surface area contributed by atoms with Gasteiger partial charge in [0.25, 0.3) is 11.6 Å². The molecule has 1 heterocycles. The molecule has 1 fully saturated rings. The van der Waals surface area contributed by atoms with Crippen LogP contribution in [-0.2, 0) is 11.3 Å². The Balaban J connectivity index is 1.51. The van der Waals surface area contributed by atoms with Crippen LogP contribution in [0, 0.1) is 17.0 Å². The fraction of sp³-hybridized carbons (Fsp3) is 0.364. The number of rotatable bonds is 6. The molecule has 8 nitrogen and oxygen atoms in total. The Morgan fingerprint density at radius 1 is 1.07 bits per heavy atom. The third-order valence-corrected chi connectivity index (χ3v) is 5.24. The summed E-state index contributed by atoms with van der Waals surface area (Å²) < 4.78 is 0.